The Kier molecular flexibility index (Phi) is 4.28. The van der Waals surface area contributed by atoms with Crippen molar-refractivity contribution in [3.05, 3.63) is 54.2 Å². The minimum Gasteiger partial charge on any atom is -0.459 e. The van der Waals surface area contributed by atoms with Crippen molar-refractivity contribution in [3.63, 3.8) is 0 Å². The third kappa shape index (κ3) is 3.27. The lowest BCUT2D eigenvalue weighted by Gasteiger charge is -2.16. The summed E-state index contributed by atoms with van der Waals surface area (Å²) in [4.78, 5) is 37.2. The number of hydrogen-bond acceptors (Lipinski definition) is 4. The summed E-state index contributed by atoms with van der Waals surface area (Å²) in [5.41, 5.74) is 5.03. The molecule has 1 atom stereocenters. The molecule has 24 heavy (non-hydrogen) atoms. The molecule has 1 aliphatic heterocycles. The molecular formula is C16H14FN3O4. The predicted molar refractivity (Wildman–Crippen MR) is 81.2 cm³/mol. The van der Waals surface area contributed by atoms with Crippen LogP contribution in [0, 0.1) is 11.7 Å². The second-order valence-electron chi connectivity index (χ2n) is 5.30. The Balaban J connectivity index is 1.58. The molecule has 3 amide bonds. The lowest BCUT2D eigenvalue weighted by Crippen LogP contribution is -2.45. The zero-order valence-corrected chi connectivity index (χ0v) is 12.5. The highest BCUT2D eigenvalue weighted by molar-refractivity contribution is 6.01. The number of halogens is 1. The third-order valence-corrected chi connectivity index (χ3v) is 3.68. The highest BCUT2D eigenvalue weighted by Gasteiger charge is 2.35. The summed E-state index contributed by atoms with van der Waals surface area (Å²) < 4.78 is 17.9. The SMILES string of the molecule is O=C(NNC(=O)[C@@H]1CC(=O)N(c2ccc(F)cc2)C1)c1ccco1. The molecule has 1 fully saturated rings. The molecule has 0 bridgehead atoms. The fourth-order valence-corrected chi connectivity index (χ4v) is 2.44. The maximum atomic E-state index is 13.0. The molecule has 2 aromatic rings. The number of carbonyl (C=O) groups excluding carboxylic acids is 3. The van der Waals surface area contributed by atoms with Gasteiger partial charge in [0.1, 0.15) is 5.82 Å². The van der Waals surface area contributed by atoms with Gasteiger partial charge in [-0.25, -0.2) is 4.39 Å². The molecular weight excluding hydrogens is 317 g/mol. The number of nitrogens with one attached hydrogen (secondary N) is 2. The molecule has 2 heterocycles. The van der Waals surface area contributed by atoms with Crippen LogP contribution in [0.2, 0.25) is 0 Å². The van der Waals surface area contributed by atoms with Crippen molar-refractivity contribution in [1.82, 2.24) is 10.9 Å². The summed E-state index contributed by atoms with van der Waals surface area (Å²) in [5, 5.41) is 0. The van der Waals surface area contributed by atoms with Crippen molar-refractivity contribution >= 4 is 23.4 Å². The summed E-state index contributed by atoms with van der Waals surface area (Å²) in [5.74, 6) is -2.26. The minimum absolute atomic E-state index is 0.0137. The van der Waals surface area contributed by atoms with E-state index >= 15 is 0 Å². The molecule has 0 radical (unpaired) electrons. The Morgan fingerprint density at radius 3 is 2.58 bits per heavy atom. The van der Waals surface area contributed by atoms with Gasteiger partial charge in [0.05, 0.1) is 12.2 Å². The zero-order chi connectivity index (χ0) is 17.1. The zero-order valence-electron chi connectivity index (χ0n) is 12.5. The van der Waals surface area contributed by atoms with E-state index in [1.807, 2.05) is 0 Å². The Hall–Kier alpha value is -3.16. The number of hydrogen-bond donors (Lipinski definition) is 2. The summed E-state index contributed by atoms with van der Waals surface area (Å²) in [6.45, 7) is 0.160. The molecule has 1 aliphatic rings. The van der Waals surface area contributed by atoms with Gasteiger partial charge in [0.2, 0.25) is 11.8 Å². The summed E-state index contributed by atoms with van der Waals surface area (Å²) in [7, 11) is 0. The smallest absolute Gasteiger partial charge is 0.305 e. The molecule has 1 saturated heterocycles. The first-order valence-corrected chi connectivity index (χ1v) is 7.24. The Morgan fingerprint density at radius 2 is 1.92 bits per heavy atom. The van der Waals surface area contributed by atoms with Crippen molar-refractivity contribution in [2.75, 3.05) is 11.4 Å². The molecule has 0 unspecified atom stereocenters. The van der Waals surface area contributed by atoms with Crippen LogP contribution >= 0.6 is 0 Å². The molecule has 2 N–H and O–H groups in total. The van der Waals surface area contributed by atoms with Crippen LogP contribution in [0.15, 0.2) is 47.1 Å². The van der Waals surface area contributed by atoms with Crippen molar-refractivity contribution in [2.45, 2.75) is 6.42 Å². The molecule has 0 aliphatic carbocycles. The van der Waals surface area contributed by atoms with E-state index in [0.717, 1.165) is 0 Å². The van der Waals surface area contributed by atoms with Gasteiger partial charge in [-0.15, -0.1) is 0 Å². The molecule has 3 rings (SSSR count). The van der Waals surface area contributed by atoms with E-state index in [4.69, 9.17) is 4.42 Å². The number of anilines is 1. The van der Waals surface area contributed by atoms with Gasteiger partial charge in [-0.3, -0.25) is 25.2 Å². The highest BCUT2D eigenvalue weighted by atomic mass is 19.1. The lowest BCUT2D eigenvalue weighted by molar-refractivity contribution is -0.126. The van der Waals surface area contributed by atoms with E-state index in [2.05, 4.69) is 10.9 Å². The molecule has 1 aromatic heterocycles. The topological polar surface area (TPSA) is 91.7 Å². The van der Waals surface area contributed by atoms with Crippen LogP contribution in [0.5, 0.6) is 0 Å². The first-order valence-electron chi connectivity index (χ1n) is 7.24. The van der Waals surface area contributed by atoms with Crippen molar-refractivity contribution in [1.29, 1.82) is 0 Å². The van der Waals surface area contributed by atoms with Crippen LogP contribution in [0.4, 0.5) is 10.1 Å². The van der Waals surface area contributed by atoms with Gasteiger partial charge in [0.25, 0.3) is 0 Å². The molecule has 124 valence electrons. The fourth-order valence-electron chi connectivity index (χ4n) is 2.44. The van der Waals surface area contributed by atoms with Crippen LogP contribution < -0.4 is 15.8 Å². The average molecular weight is 331 g/mol. The molecule has 7 nitrogen and oxygen atoms in total. The van der Waals surface area contributed by atoms with Crippen LogP contribution in [0.3, 0.4) is 0 Å². The first kappa shape index (κ1) is 15.7. The summed E-state index contributed by atoms with van der Waals surface area (Å²) >= 11 is 0. The molecule has 1 aromatic carbocycles. The third-order valence-electron chi connectivity index (χ3n) is 3.68. The van der Waals surface area contributed by atoms with Gasteiger partial charge >= 0.3 is 5.91 Å². The first-order chi connectivity index (χ1) is 11.5. The predicted octanol–water partition coefficient (Wildman–Crippen LogP) is 1.23. The van der Waals surface area contributed by atoms with Gasteiger partial charge < -0.3 is 9.32 Å². The number of furan rings is 1. The maximum Gasteiger partial charge on any atom is 0.305 e. The average Bonchev–Trinajstić information content (AvgIpc) is 3.23. The second-order valence-corrected chi connectivity index (χ2v) is 5.30. The van der Waals surface area contributed by atoms with Crippen LogP contribution in [0.1, 0.15) is 17.0 Å². The van der Waals surface area contributed by atoms with E-state index < -0.39 is 23.5 Å². The maximum absolute atomic E-state index is 13.0. The van der Waals surface area contributed by atoms with Crippen LogP contribution in [-0.2, 0) is 9.59 Å². The number of hydrazine groups is 1. The standard InChI is InChI=1S/C16H14FN3O4/c17-11-3-5-12(6-4-11)20-9-10(8-14(20)21)15(22)18-19-16(23)13-2-1-7-24-13/h1-7,10H,8-9H2,(H,18,22)(H,19,23)/t10-/m1/s1. The lowest BCUT2D eigenvalue weighted by atomic mass is 10.1. The second kappa shape index (κ2) is 6.53. The van der Waals surface area contributed by atoms with E-state index in [1.165, 1.54) is 41.5 Å². The van der Waals surface area contributed by atoms with Crippen molar-refractivity contribution in [2.24, 2.45) is 5.92 Å². The van der Waals surface area contributed by atoms with E-state index in [9.17, 15) is 18.8 Å². The van der Waals surface area contributed by atoms with Gasteiger partial charge in [0, 0.05) is 18.7 Å². The minimum atomic E-state index is -0.612. The summed E-state index contributed by atoms with van der Waals surface area (Å²) in [6.07, 6.45) is 1.35. The van der Waals surface area contributed by atoms with Gasteiger partial charge in [-0.05, 0) is 36.4 Å². The number of rotatable bonds is 3. The Labute approximate surface area is 136 Å². The Bertz CT molecular complexity index is 758. The number of amides is 3. The van der Waals surface area contributed by atoms with Gasteiger partial charge in [-0.1, -0.05) is 0 Å². The van der Waals surface area contributed by atoms with E-state index in [0.29, 0.717) is 5.69 Å². The largest absolute Gasteiger partial charge is 0.459 e. The van der Waals surface area contributed by atoms with Crippen molar-refractivity contribution in [3.8, 4) is 0 Å². The molecule has 0 saturated carbocycles. The Morgan fingerprint density at radius 1 is 1.17 bits per heavy atom. The van der Waals surface area contributed by atoms with Crippen LogP contribution in [0.25, 0.3) is 0 Å². The quantitative estimate of drug-likeness (QED) is 0.828. The monoisotopic (exact) mass is 331 g/mol. The number of carbonyl (C=O) groups is 3. The van der Waals surface area contributed by atoms with E-state index in [1.54, 1.807) is 6.07 Å². The van der Waals surface area contributed by atoms with Crippen molar-refractivity contribution < 1.29 is 23.2 Å². The number of benzene rings is 1. The van der Waals surface area contributed by atoms with Gasteiger partial charge in [-0.2, -0.15) is 0 Å². The fraction of sp³-hybridized carbons (Fsp3) is 0.188. The number of nitrogens with zero attached hydrogens (tertiary/aromatic N) is 1. The molecule has 8 heteroatoms. The van der Waals surface area contributed by atoms with Gasteiger partial charge in [0.15, 0.2) is 5.76 Å². The van der Waals surface area contributed by atoms with E-state index in [-0.39, 0.29) is 24.6 Å². The van der Waals surface area contributed by atoms with Crippen LogP contribution in [-0.4, -0.2) is 24.3 Å². The summed E-state index contributed by atoms with van der Waals surface area (Å²) in [6, 6.07) is 8.46. The molecule has 0 spiro atoms. The normalized spacial score (nSPS) is 17.0. The highest BCUT2D eigenvalue weighted by Crippen LogP contribution is 2.25.